The van der Waals surface area contributed by atoms with Crippen LogP contribution in [0.25, 0.3) is 0 Å². The van der Waals surface area contributed by atoms with Gasteiger partial charge in [0.1, 0.15) is 5.82 Å². The quantitative estimate of drug-likeness (QED) is 0.746. The number of carbonyl (C=O) groups is 2. The molecule has 24 heavy (non-hydrogen) atoms. The van der Waals surface area contributed by atoms with Crippen molar-refractivity contribution in [3.05, 3.63) is 41.7 Å². The Morgan fingerprint density at radius 2 is 1.96 bits per heavy atom. The lowest BCUT2D eigenvalue weighted by atomic mass is 10.1. The number of carbonyl (C=O) groups excluding carboxylic acids is 2. The molecule has 0 saturated heterocycles. The first-order valence-electron chi connectivity index (χ1n) is 7.74. The number of thioether (sulfide) groups is 1. The van der Waals surface area contributed by atoms with Gasteiger partial charge in [0.05, 0.1) is 0 Å². The molecule has 0 radical (unpaired) electrons. The Balaban J connectivity index is 1.92. The van der Waals surface area contributed by atoms with E-state index in [0.717, 1.165) is 23.9 Å². The number of nitrogens with zero attached hydrogens (tertiary/aromatic N) is 3. The minimum absolute atomic E-state index is 0.239. The van der Waals surface area contributed by atoms with E-state index in [1.54, 1.807) is 0 Å². The van der Waals surface area contributed by atoms with E-state index in [4.69, 9.17) is 0 Å². The smallest absolute Gasteiger partial charge is 0.321 e. The minimum Gasteiger partial charge on any atom is -0.341 e. The third kappa shape index (κ3) is 5.09. The molecule has 3 amide bonds. The number of rotatable bonds is 7. The highest BCUT2D eigenvalue weighted by atomic mass is 32.2. The van der Waals surface area contributed by atoms with Crippen molar-refractivity contribution >= 4 is 23.7 Å². The first kappa shape index (κ1) is 18.0. The molecule has 0 bridgehead atoms. The van der Waals surface area contributed by atoms with Crippen LogP contribution >= 0.6 is 11.8 Å². The molecule has 7 nitrogen and oxygen atoms in total. The molecule has 0 aliphatic carbocycles. The van der Waals surface area contributed by atoms with Gasteiger partial charge in [-0.25, -0.2) is 4.79 Å². The molecule has 128 valence electrons. The Morgan fingerprint density at radius 3 is 2.62 bits per heavy atom. The molecule has 0 saturated carbocycles. The molecular weight excluding hydrogens is 326 g/mol. The van der Waals surface area contributed by atoms with Gasteiger partial charge in [0.25, 0.3) is 0 Å². The SMILES string of the molecule is CCn1c(Cc2ccccc2)nnc1SCCC(=O)NC(=O)NC. The predicted octanol–water partition coefficient (Wildman–Crippen LogP) is 1.83. The average molecular weight is 347 g/mol. The van der Waals surface area contributed by atoms with E-state index < -0.39 is 6.03 Å². The van der Waals surface area contributed by atoms with Gasteiger partial charge in [-0.05, 0) is 12.5 Å². The van der Waals surface area contributed by atoms with Crippen molar-refractivity contribution in [2.75, 3.05) is 12.8 Å². The van der Waals surface area contributed by atoms with Crippen LogP contribution in [0.15, 0.2) is 35.5 Å². The summed E-state index contributed by atoms with van der Waals surface area (Å²) in [6.45, 7) is 2.81. The van der Waals surface area contributed by atoms with E-state index in [1.807, 2.05) is 29.7 Å². The summed E-state index contributed by atoms with van der Waals surface area (Å²) >= 11 is 1.46. The van der Waals surface area contributed by atoms with Gasteiger partial charge in [-0.3, -0.25) is 10.1 Å². The number of aromatic nitrogens is 3. The van der Waals surface area contributed by atoms with Crippen molar-refractivity contribution in [2.45, 2.75) is 31.5 Å². The van der Waals surface area contributed by atoms with Crippen LogP contribution in [-0.4, -0.2) is 39.5 Å². The van der Waals surface area contributed by atoms with Crippen LogP contribution in [0.5, 0.6) is 0 Å². The topological polar surface area (TPSA) is 88.9 Å². The second kappa shape index (κ2) is 9.07. The maximum Gasteiger partial charge on any atom is 0.321 e. The van der Waals surface area contributed by atoms with Crippen LogP contribution in [0.4, 0.5) is 4.79 Å². The van der Waals surface area contributed by atoms with Crippen LogP contribution < -0.4 is 10.6 Å². The molecule has 1 aromatic carbocycles. The van der Waals surface area contributed by atoms with Gasteiger partial charge in [0.15, 0.2) is 5.16 Å². The van der Waals surface area contributed by atoms with E-state index >= 15 is 0 Å². The molecule has 1 aromatic heterocycles. The highest BCUT2D eigenvalue weighted by Gasteiger charge is 2.13. The Kier molecular flexibility index (Phi) is 6.80. The molecule has 8 heteroatoms. The molecule has 0 fully saturated rings. The van der Waals surface area contributed by atoms with Crippen LogP contribution in [0.2, 0.25) is 0 Å². The van der Waals surface area contributed by atoms with E-state index in [9.17, 15) is 9.59 Å². The zero-order valence-electron chi connectivity index (χ0n) is 13.8. The number of amides is 3. The summed E-state index contributed by atoms with van der Waals surface area (Å²) in [5.74, 6) is 1.13. The lowest BCUT2D eigenvalue weighted by molar-refractivity contribution is -0.119. The Labute approximate surface area is 145 Å². The van der Waals surface area contributed by atoms with E-state index in [2.05, 4.69) is 33.0 Å². The highest BCUT2D eigenvalue weighted by Crippen LogP contribution is 2.19. The molecule has 2 rings (SSSR count). The summed E-state index contributed by atoms with van der Waals surface area (Å²) in [5, 5.41) is 13.9. The van der Waals surface area contributed by atoms with Gasteiger partial charge in [-0.2, -0.15) is 0 Å². The van der Waals surface area contributed by atoms with Gasteiger partial charge in [0, 0.05) is 32.2 Å². The lowest BCUT2D eigenvalue weighted by Gasteiger charge is -2.07. The van der Waals surface area contributed by atoms with E-state index in [0.29, 0.717) is 5.75 Å². The molecule has 0 spiro atoms. The number of urea groups is 1. The monoisotopic (exact) mass is 347 g/mol. The lowest BCUT2D eigenvalue weighted by Crippen LogP contribution is -2.37. The summed E-state index contributed by atoms with van der Waals surface area (Å²) in [6, 6.07) is 9.62. The van der Waals surface area contributed by atoms with Gasteiger partial charge >= 0.3 is 6.03 Å². The summed E-state index contributed by atoms with van der Waals surface area (Å²) < 4.78 is 2.05. The molecular formula is C16H21N5O2S. The fraction of sp³-hybridized carbons (Fsp3) is 0.375. The summed E-state index contributed by atoms with van der Waals surface area (Å²) in [5.41, 5.74) is 1.18. The summed E-state index contributed by atoms with van der Waals surface area (Å²) in [7, 11) is 1.47. The molecule has 0 unspecified atom stereocenters. The van der Waals surface area contributed by atoms with E-state index in [-0.39, 0.29) is 12.3 Å². The van der Waals surface area contributed by atoms with Crippen molar-refractivity contribution in [1.29, 1.82) is 0 Å². The molecule has 1 heterocycles. The predicted molar refractivity (Wildman–Crippen MR) is 92.9 cm³/mol. The summed E-state index contributed by atoms with van der Waals surface area (Å²) in [4.78, 5) is 22.6. The van der Waals surface area contributed by atoms with Crippen molar-refractivity contribution in [1.82, 2.24) is 25.4 Å². The molecule has 0 aliphatic heterocycles. The first-order valence-corrected chi connectivity index (χ1v) is 8.73. The standard InChI is InChI=1S/C16H21N5O2S/c1-3-21-13(11-12-7-5-4-6-8-12)19-20-16(21)24-10-9-14(22)18-15(23)17-2/h4-8H,3,9-11H2,1-2H3,(H2,17,18,22,23). The fourth-order valence-corrected chi connectivity index (χ4v) is 3.10. The number of hydrogen-bond donors (Lipinski definition) is 2. The number of imide groups is 1. The second-order valence-electron chi connectivity index (χ2n) is 5.03. The molecule has 2 N–H and O–H groups in total. The molecule has 0 aliphatic rings. The summed E-state index contributed by atoms with van der Waals surface area (Å²) in [6.07, 6.45) is 0.960. The third-order valence-electron chi connectivity index (χ3n) is 3.36. The van der Waals surface area contributed by atoms with Gasteiger partial charge in [-0.15, -0.1) is 10.2 Å². The maximum atomic E-state index is 11.6. The largest absolute Gasteiger partial charge is 0.341 e. The van der Waals surface area contributed by atoms with Crippen molar-refractivity contribution in [3.63, 3.8) is 0 Å². The third-order valence-corrected chi connectivity index (χ3v) is 4.32. The maximum absolute atomic E-state index is 11.6. The normalized spacial score (nSPS) is 10.4. The van der Waals surface area contributed by atoms with Crippen molar-refractivity contribution in [3.8, 4) is 0 Å². The zero-order chi connectivity index (χ0) is 17.4. The van der Waals surface area contributed by atoms with Crippen LogP contribution in [0.1, 0.15) is 24.7 Å². The van der Waals surface area contributed by atoms with Crippen LogP contribution in [0, 0.1) is 0 Å². The minimum atomic E-state index is -0.494. The van der Waals surface area contributed by atoms with Gasteiger partial charge in [-0.1, -0.05) is 42.1 Å². The van der Waals surface area contributed by atoms with E-state index in [1.165, 1.54) is 24.4 Å². The average Bonchev–Trinajstić information content (AvgIpc) is 2.97. The number of benzene rings is 1. The number of hydrogen-bond acceptors (Lipinski definition) is 5. The highest BCUT2D eigenvalue weighted by molar-refractivity contribution is 7.99. The van der Waals surface area contributed by atoms with Crippen molar-refractivity contribution < 1.29 is 9.59 Å². The first-order chi connectivity index (χ1) is 11.6. The van der Waals surface area contributed by atoms with Crippen LogP contribution in [0.3, 0.4) is 0 Å². The van der Waals surface area contributed by atoms with Crippen LogP contribution in [-0.2, 0) is 17.8 Å². The Morgan fingerprint density at radius 1 is 1.21 bits per heavy atom. The van der Waals surface area contributed by atoms with Gasteiger partial charge in [0.2, 0.25) is 5.91 Å². The second-order valence-corrected chi connectivity index (χ2v) is 6.09. The Bertz CT molecular complexity index is 687. The Hall–Kier alpha value is -2.35. The number of nitrogens with one attached hydrogen (secondary N) is 2. The van der Waals surface area contributed by atoms with Gasteiger partial charge < -0.3 is 9.88 Å². The fourth-order valence-electron chi connectivity index (χ4n) is 2.14. The van der Waals surface area contributed by atoms with Crippen molar-refractivity contribution in [2.24, 2.45) is 0 Å². The molecule has 0 atom stereocenters. The molecule has 2 aromatic rings. The zero-order valence-corrected chi connectivity index (χ0v) is 14.6.